The lowest BCUT2D eigenvalue weighted by Crippen LogP contribution is -2.04. The highest BCUT2D eigenvalue weighted by atomic mass is 32.2. The quantitative estimate of drug-likeness (QED) is 0.734. The summed E-state index contributed by atoms with van der Waals surface area (Å²) in [7, 11) is -3.55. The Hall–Kier alpha value is -1.30. The van der Waals surface area contributed by atoms with Crippen molar-refractivity contribution in [2.75, 3.05) is 5.75 Å². The summed E-state index contributed by atoms with van der Waals surface area (Å²) in [4.78, 5) is 3.80. The minimum absolute atomic E-state index is 0.124. The van der Waals surface area contributed by atoms with Gasteiger partial charge in [-0.2, -0.15) is 5.53 Å². The highest BCUT2D eigenvalue weighted by Gasteiger charge is 2.07. The molecule has 0 fully saturated rings. The fraction of sp³-hybridized carbons (Fsp3) is 0.286. The van der Waals surface area contributed by atoms with Crippen LogP contribution >= 0.6 is 0 Å². The van der Waals surface area contributed by atoms with Gasteiger partial charge in [-0.25, -0.2) is 8.42 Å². The molecule has 6 heteroatoms. The molecule has 1 N–H and O–H groups in total. The molecular weight excluding hydrogens is 190 g/mol. The summed E-state index contributed by atoms with van der Waals surface area (Å²) in [6, 6.07) is 3.47. The zero-order valence-electron chi connectivity index (χ0n) is 6.84. The number of aryl methyl sites for hydroxylation is 1. The second kappa shape index (κ2) is 4.08. The van der Waals surface area contributed by atoms with E-state index in [1.807, 2.05) is 0 Å². The maximum atomic E-state index is 10.8. The molecule has 0 atom stereocenters. The van der Waals surface area contributed by atoms with Crippen LogP contribution in [-0.4, -0.2) is 19.2 Å². The molecule has 0 aliphatic carbocycles. The van der Waals surface area contributed by atoms with Crippen LogP contribution < -0.4 is 0 Å². The molecular formula is C7H9N3O2S. The predicted molar refractivity (Wildman–Crippen MR) is 46.9 cm³/mol. The average Bonchev–Trinajstić information content (AvgIpc) is 2.17. The Kier molecular flexibility index (Phi) is 3.07. The van der Waals surface area contributed by atoms with Gasteiger partial charge < -0.3 is 0 Å². The molecule has 1 aromatic heterocycles. The molecule has 0 saturated heterocycles. The van der Waals surface area contributed by atoms with Crippen molar-refractivity contribution < 1.29 is 8.42 Å². The molecule has 0 amide bonds. The molecule has 0 saturated carbocycles. The van der Waals surface area contributed by atoms with E-state index in [4.69, 9.17) is 5.53 Å². The summed E-state index contributed by atoms with van der Waals surface area (Å²) in [5, 5.41) is 0. The van der Waals surface area contributed by atoms with Crippen LogP contribution in [0.5, 0.6) is 0 Å². The van der Waals surface area contributed by atoms with E-state index >= 15 is 0 Å². The van der Waals surface area contributed by atoms with Gasteiger partial charge in [0.2, 0.25) is 0 Å². The molecule has 1 heterocycles. The lowest BCUT2D eigenvalue weighted by atomic mass is 10.2. The maximum absolute atomic E-state index is 10.8. The van der Waals surface area contributed by atoms with Gasteiger partial charge in [0.25, 0.3) is 10.0 Å². The zero-order valence-corrected chi connectivity index (χ0v) is 7.66. The molecule has 13 heavy (non-hydrogen) atoms. The van der Waals surface area contributed by atoms with Crippen molar-refractivity contribution >= 4 is 10.0 Å². The van der Waals surface area contributed by atoms with Crippen LogP contribution in [0.2, 0.25) is 0 Å². The van der Waals surface area contributed by atoms with E-state index in [9.17, 15) is 8.42 Å². The van der Waals surface area contributed by atoms with Crippen LogP contribution in [0.3, 0.4) is 0 Å². The number of nitrogens with one attached hydrogen (secondary N) is 1. The monoisotopic (exact) mass is 199 g/mol. The first-order valence-corrected chi connectivity index (χ1v) is 5.25. The lowest BCUT2D eigenvalue weighted by Gasteiger charge is -1.97. The minimum Gasteiger partial charge on any atom is -0.265 e. The maximum Gasteiger partial charge on any atom is 0.270 e. The molecule has 5 nitrogen and oxygen atoms in total. The van der Waals surface area contributed by atoms with Gasteiger partial charge in [0, 0.05) is 12.4 Å². The van der Waals surface area contributed by atoms with E-state index in [1.54, 1.807) is 24.5 Å². The molecule has 0 radical (unpaired) electrons. The van der Waals surface area contributed by atoms with Crippen LogP contribution in [0.15, 0.2) is 29.0 Å². The van der Waals surface area contributed by atoms with E-state index in [0.29, 0.717) is 6.42 Å². The highest BCUT2D eigenvalue weighted by molar-refractivity contribution is 7.89. The van der Waals surface area contributed by atoms with Gasteiger partial charge in [0.15, 0.2) is 0 Å². The third-order valence-corrected chi connectivity index (χ3v) is 2.54. The first kappa shape index (κ1) is 9.79. The summed E-state index contributed by atoms with van der Waals surface area (Å²) in [5.41, 5.74) is 7.27. The van der Waals surface area contributed by atoms with Crippen molar-refractivity contribution in [1.82, 2.24) is 4.98 Å². The number of hydrogen-bond donors (Lipinski definition) is 1. The summed E-state index contributed by atoms with van der Waals surface area (Å²) in [6.45, 7) is 0. The molecule has 0 bridgehead atoms. The van der Waals surface area contributed by atoms with Crippen LogP contribution in [0, 0.1) is 5.53 Å². The average molecular weight is 199 g/mol. The second-order valence-corrected chi connectivity index (χ2v) is 4.24. The molecule has 0 aliphatic heterocycles. The molecule has 0 aromatic carbocycles. The van der Waals surface area contributed by atoms with E-state index in [-0.39, 0.29) is 5.75 Å². The smallest absolute Gasteiger partial charge is 0.265 e. The van der Waals surface area contributed by atoms with E-state index in [1.165, 1.54) is 0 Å². The number of nitrogens with zero attached hydrogens (tertiary/aromatic N) is 2. The zero-order chi connectivity index (χ0) is 9.73. The van der Waals surface area contributed by atoms with Crippen molar-refractivity contribution in [2.24, 2.45) is 4.52 Å². The van der Waals surface area contributed by atoms with Crippen LogP contribution in [0.25, 0.3) is 0 Å². The Labute approximate surface area is 76.4 Å². The largest absolute Gasteiger partial charge is 0.270 e. The van der Waals surface area contributed by atoms with Crippen molar-refractivity contribution in [2.45, 2.75) is 6.42 Å². The van der Waals surface area contributed by atoms with Gasteiger partial charge in [-0.15, -0.1) is 0 Å². The molecule has 1 rings (SSSR count). The number of hydrogen-bond acceptors (Lipinski definition) is 4. The van der Waals surface area contributed by atoms with Gasteiger partial charge in [0.05, 0.1) is 5.75 Å². The van der Waals surface area contributed by atoms with Gasteiger partial charge in [-0.05, 0) is 24.1 Å². The van der Waals surface area contributed by atoms with Crippen molar-refractivity contribution in [3.8, 4) is 0 Å². The molecule has 70 valence electrons. The highest BCUT2D eigenvalue weighted by Crippen LogP contribution is 2.01. The summed E-state index contributed by atoms with van der Waals surface area (Å²) in [6.07, 6.45) is 3.56. The fourth-order valence-corrected chi connectivity index (χ4v) is 1.43. The van der Waals surface area contributed by atoms with Gasteiger partial charge in [0.1, 0.15) is 0 Å². The lowest BCUT2D eigenvalue weighted by molar-refractivity contribution is 0.593. The van der Waals surface area contributed by atoms with Crippen LogP contribution in [0.4, 0.5) is 0 Å². The van der Waals surface area contributed by atoms with Crippen molar-refractivity contribution in [1.29, 1.82) is 5.53 Å². The van der Waals surface area contributed by atoms with E-state index < -0.39 is 10.0 Å². The predicted octanol–water partition coefficient (Wildman–Crippen LogP) is 0.985. The van der Waals surface area contributed by atoms with E-state index in [2.05, 4.69) is 9.50 Å². The summed E-state index contributed by atoms with van der Waals surface area (Å²) >= 11 is 0. The van der Waals surface area contributed by atoms with Crippen LogP contribution in [0.1, 0.15) is 5.56 Å². The molecule has 1 aromatic rings. The molecule has 0 aliphatic rings. The first-order chi connectivity index (χ1) is 6.14. The Morgan fingerprint density at radius 2 is 2.00 bits per heavy atom. The second-order valence-electron chi connectivity index (χ2n) is 2.48. The Balaban J connectivity index is 2.59. The van der Waals surface area contributed by atoms with Gasteiger partial charge in [-0.3, -0.25) is 4.98 Å². The molecule has 0 unspecified atom stereocenters. The number of aromatic nitrogens is 1. The normalized spacial score (nSPS) is 11.1. The van der Waals surface area contributed by atoms with Gasteiger partial charge >= 0.3 is 0 Å². The summed E-state index contributed by atoms with van der Waals surface area (Å²) in [5.74, 6) is -0.124. The fourth-order valence-electron chi connectivity index (χ4n) is 0.842. The summed E-state index contributed by atoms with van der Waals surface area (Å²) < 4.78 is 24.1. The Morgan fingerprint density at radius 3 is 2.54 bits per heavy atom. The van der Waals surface area contributed by atoms with Crippen molar-refractivity contribution in [3.05, 3.63) is 30.1 Å². The van der Waals surface area contributed by atoms with Crippen LogP contribution in [-0.2, 0) is 16.4 Å². The third kappa shape index (κ3) is 3.29. The minimum atomic E-state index is -3.55. The van der Waals surface area contributed by atoms with E-state index in [0.717, 1.165) is 5.56 Å². The SMILES string of the molecule is N=NS(=O)(=O)CCc1ccncc1. The third-order valence-electron chi connectivity index (χ3n) is 1.54. The standard InChI is InChI=1S/C7H9N3O2S/c8-10-13(11,12)6-3-7-1-4-9-5-2-7/h1-2,4-5,8H,3,6H2. The number of rotatable bonds is 4. The topological polar surface area (TPSA) is 83.2 Å². The van der Waals surface area contributed by atoms with Gasteiger partial charge in [-0.1, -0.05) is 4.52 Å². The Morgan fingerprint density at radius 1 is 1.38 bits per heavy atom. The van der Waals surface area contributed by atoms with Crippen molar-refractivity contribution in [3.63, 3.8) is 0 Å². The number of pyridine rings is 1. The molecule has 0 spiro atoms. The first-order valence-electron chi connectivity index (χ1n) is 3.64. The number of sulfonamides is 1. The Bertz CT molecular complexity index is 374.